The van der Waals surface area contributed by atoms with Gasteiger partial charge in [0.1, 0.15) is 6.33 Å². The van der Waals surface area contributed by atoms with Crippen LogP contribution in [-0.2, 0) is 13.1 Å². The average molecular weight is 382 g/mol. The number of amides is 1. The van der Waals surface area contributed by atoms with Gasteiger partial charge in [0, 0.05) is 43.2 Å². The molecule has 1 aliphatic rings. The van der Waals surface area contributed by atoms with Crippen LogP contribution in [0.5, 0.6) is 0 Å². The summed E-state index contributed by atoms with van der Waals surface area (Å²) in [5, 5.41) is 13.2. The molecule has 1 saturated heterocycles. The van der Waals surface area contributed by atoms with E-state index in [9.17, 15) is 4.79 Å². The third kappa shape index (κ3) is 4.58. The highest BCUT2D eigenvalue weighted by Crippen LogP contribution is 2.15. The van der Waals surface area contributed by atoms with E-state index >= 15 is 0 Å². The Labute approximate surface area is 162 Å². The monoisotopic (exact) mass is 382 g/mol. The Morgan fingerprint density at radius 1 is 1.04 bits per heavy atom. The Kier molecular flexibility index (Phi) is 5.55. The summed E-state index contributed by atoms with van der Waals surface area (Å²) in [6, 6.07) is 12.0. The largest absolute Gasteiger partial charge is 0.337 e. The van der Waals surface area contributed by atoms with Crippen molar-refractivity contribution in [2.75, 3.05) is 26.2 Å². The van der Waals surface area contributed by atoms with Crippen LogP contribution in [-0.4, -0.2) is 62.1 Å². The molecule has 0 aliphatic carbocycles. The van der Waals surface area contributed by atoms with Crippen molar-refractivity contribution in [2.45, 2.75) is 19.5 Å². The molecule has 8 heteroatoms. The first-order valence-corrected chi connectivity index (χ1v) is 9.99. The van der Waals surface area contributed by atoms with Gasteiger partial charge in [-0.05, 0) is 46.0 Å². The van der Waals surface area contributed by atoms with Crippen LogP contribution in [0.25, 0.3) is 0 Å². The van der Waals surface area contributed by atoms with Gasteiger partial charge in [-0.2, -0.15) is 0 Å². The van der Waals surface area contributed by atoms with Crippen LogP contribution in [0.2, 0.25) is 0 Å². The van der Waals surface area contributed by atoms with Crippen molar-refractivity contribution in [3.8, 4) is 0 Å². The van der Waals surface area contributed by atoms with Crippen LogP contribution < -0.4 is 0 Å². The zero-order valence-electron chi connectivity index (χ0n) is 15.1. The molecule has 0 radical (unpaired) electrons. The molecule has 1 aliphatic heterocycles. The average Bonchev–Trinajstić information content (AvgIpc) is 3.33. The Hall–Kier alpha value is -2.58. The molecule has 0 atom stereocenters. The maximum atomic E-state index is 12.9. The van der Waals surface area contributed by atoms with Gasteiger partial charge in [-0.1, -0.05) is 18.2 Å². The molecule has 3 heterocycles. The number of carbonyl (C=O) groups excluding carboxylic acids is 1. The molecule has 1 amide bonds. The highest BCUT2D eigenvalue weighted by Gasteiger charge is 2.20. The van der Waals surface area contributed by atoms with Gasteiger partial charge in [0.05, 0.1) is 6.54 Å². The SMILES string of the molecule is O=C(c1ccc(Cn2cnnn2)cc1)N1CCCN(Cc2cccs2)CC1. The van der Waals surface area contributed by atoms with Crippen molar-refractivity contribution in [3.63, 3.8) is 0 Å². The van der Waals surface area contributed by atoms with Crippen LogP contribution in [0.1, 0.15) is 27.2 Å². The Bertz CT molecular complexity index is 847. The quantitative estimate of drug-likeness (QED) is 0.676. The number of aromatic nitrogens is 4. The molecule has 1 aromatic carbocycles. The van der Waals surface area contributed by atoms with Crippen molar-refractivity contribution < 1.29 is 4.79 Å². The predicted octanol–water partition coefficient (Wildman–Crippen LogP) is 2.13. The molecule has 0 unspecified atom stereocenters. The Morgan fingerprint density at radius 2 is 1.93 bits per heavy atom. The standard InChI is InChI=1S/C19H22N6OS/c26-19(17-6-4-16(5-7-17)13-25-15-20-21-22-25)24-9-2-8-23(10-11-24)14-18-3-1-12-27-18/h1,3-7,12,15H,2,8-11,13-14H2. The van der Waals surface area contributed by atoms with Crippen molar-refractivity contribution in [3.05, 3.63) is 64.1 Å². The maximum Gasteiger partial charge on any atom is 0.253 e. The van der Waals surface area contributed by atoms with Gasteiger partial charge in [-0.15, -0.1) is 16.4 Å². The summed E-state index contributed by atoms with van der Waals surface area (Å²) in [6.07, 6.45) is 2.59. The van der Waals surface area contributed by atoms with E-state index in [0.29, 0.717) is 6.54 Å². The smallest absolute Gasteiger partial charge is 0.253 e. The summed E-state index contributed by atoms with van der Waals surface area (Å²) in [5.41, 5.74) is 1.80. The summed E-state index contributed by atoms with van der Waals surface area (Å²) >= 11 is 1.79. The van der Waals surface area contributed by atoms with Crippen LogP contribution in [0, 0.1) is 0 Å². The minimum absolute atomic E-state index is 0.113. The fourth-order valence-electron chi connectivity index (χ4n) is 3.33. The molecule has 0 bridgehead atoms. The van der Waals surface area contributed by atoms with Crippen LogP contribution in [0.3, 0.4) is 0 Å². The molecule has 0 saturated carbocycles. The van der Waals surface area contributed by atoms with Gasteiger partial charge >= 0.3 is 0 Å². The van der Waals surface area contributed by atoms with Gasteiger partial charge < -0.3 is 4.90 Å². The second-order valence-corrected chi connectivity index (χ2v) is 7.74. The zero-order valence-corrected chi connectivity index (χ0v) is 15.9. The Balaban J connectivity index is 1.34. The minimum atomic E-state index is 0.113. The van der Waals surface area contributed by atoms with Crippen molar-refractivity contribution >= 4 is 17.2 Å². The first kappa shape index (κ1) is 17.8. The fourth-order valence-corrected chi connectivity index (χ4v) is 4.08. The van der Waals surface area contributed by atoms with Crippen molar-refractivity contribution in [1.82, 2.24) is 30.0 Å². The Morgan fingerprint density at radius 3 is 2.67 bits per heavy atom. The molecule has 140 valence electrons. The van der Waals surface area contributed by atoms with E-state index in [0.717, 1.165) is 50.3 Å². The molecule has 7 nitrogen and oxygen atoms in total. The normalized spacial score (nSPS) is 15.6. The van der Waals surface area contributed by atoms with Gasteiger partial charge in [0.2, 0.25) is 0 Å². The topological polar surface area (TPSA) is 67.2 Å². The third-order valence-corrected chi connectivity index (χ3v) is 5.63. The van der Waals surface area contributed by atoms with E-state index in [4.69, 9.17) is 0 Å². The van der Waals surface area contributed by atoms with E-state index < -0.39 is 0 Å². The summed E-state index contributed by atoms with van der Waals surface area (Å²) in [7, 11) is 0. The maximum absolute atomic E-state index is 12.9. The first-order chi connectivity index (χ1) is 13.3. The summed E-state index contributed by atoms with van der Waals surface area (Å²) in [6.45, 7) is 5.12. The van der Waals surface area contributed by atoms with Crippen molar-refractivity contribution in [1.29, 1.82) is 0 Å². The summed E-state index contributed by atoms with van der Waals surface area (Å²) < 4.78 is 1.66. The fraction of sp³-hybridized carbons (Fsp3) is 0.368. The van der Waals surface area contributed by atoms with Gasteiger partial charge in [-0.3, -0.25) is 9.69 Å². The van der Waals surface area contributed by atoms with Crippen LogP contribution in [0.15, 0.2) is 48.1 Å². The number of thiophene rings is 1. The van der Waals surface area contributed by atoms with E-state index in [2.05, 4.69) is 37.9 Å². The van der Waals surface area contributed by atoms with Gasteiger partial charge in [0.15, 0.2) is 0 Å². The molecular formula is C19H22N6OS. The highest BCUT2D eigenvalue weighted by atomic mass is 32.1. The lowest BCUT2D eigenvalue weighted by atomic mass is 10.1. The third-order valence-electron chi connectivity index (χ3n) is 4.77. The van der Waals surface area contributed by atoms with Crippen LogP contribution >= 0.6 is 11.3 Å². The highest BCUT2D eigenvalue weighted by molar-refractivity contribution is 7.09. The molecule has 4 rings (SSSR count). The molecule has 2 aromatic heterocycles. The van der Waals surface area contributed by atoms with E-state index in [1.54, 1.807) is 22.3 Å². The second-order valence-electron chi connectivity index (χ2n) is 6.71. The number of rotatable bonds is 5. The molecule has 27 heavy (non-hydrogen) atoms. The van der Waals surface area contributed by atoms with E-state index in [1.807, 2.05) is 29.2 Å². The van der Waals surface area contributed by atoms with Gasteiger partial charge in [0.25, 0.3) is 5.91 Å². The molecule has 0 N–H and O–H groups in total. The molecule has 1 fully saturated rings. The van der Waals surface area contributed by atoms with E-state index in [-0.39, 0.29) is 5.91 Å². The molecular weight excluding hydrogens is 360 g/mol. The summed E-state index contributed by atoms with van der Waals surface area (Å²) in [5.74, 6) is 0.113. The van der Waals surface area contributed by atoms with Crippen molar-refractivity contribution in [2.24, 2.45) is 0 Å². The van der Waals surface area contributed by atoms with E-state index in [1.165, 1.54) is 4.88 Å². The summed E-state index contributed by atoms with van der Waals surface area (Å²) in [4.78, 5) is 18.7. The number of benzene rings is 1. The lowest BCUT2D eigenvalue weighted by Gasteiger charge is -2.22. The number of hydrogen-bond donors (Lipinski definition) is 0. The lowest BCUT2D eigenvalue weighted by molar-refractivity contribution is 0.0761. The van der Waals surface area contributed by atoms with Crippen LogP contribution in [0.4, 0.5) is 0 Å². The predicted molar refractivity (Wildman–Crippen MR) is 103 cm³/mol. The number of nitrogens with zero attached hydrogens (tertiary/aromatic N) is 6. The number of carbonyl (C=O) groups is 1. The molecule has 3 aromatic rings. The minimum Gasteiger partial charge on any atom is -0.337 e. The molecule has 0 spiro atoms. The van der Waals surface area contributed by atoms with Gasteiger partial charge in [-0.25, -0.2) is 4.68 Å². The second kappa shape index (κ2) is 8.41. The zero-order chi connectivity index (χ0) is 18.5. The number of hydrogen-bond acceptors (Lipinski definition) is 6. The number of tetrazole rings is 1. The first-order valence-electron chi connectivity index (χ1n) is 9.12. The lowest BCUT2D eigenvalue weighted by Crippen LogP contribution is -2.35.